The standard InChI is InChI=1S/C25H23N5O4/c1-29-21-14-18(8-5-12-30-13-11-26-17-30)9-10-22(21)34-16-20(25(29)33)28-24(32)23(31)27-15-19-6-3-2-4-7-19/h2-4,6-7,9-11,13-14,17,20H,12,15-16H2,1H3,(H,27,31)(H,28,32)/t20-/m0/s1. The molecule has 34 heavy (non-hydrogen) atoms. The summed E-state index contributed by atoms with van der Waals surface area (Å²) in [5, 5.41) is 5.02. The van der Waals surface area contributed by atoms with Gasteiger partial charge in [0.25, 0.3) is 5.91 Å². The third-order valence-corrected chi connectivity index (χ3v) is 5.22. The average Bonchev–Trinajstić information content (AvgIpc) is 3.35. The molecule has 9 heteroatoms. The molecule has 1 aliphatic heterocycles. The quantitative estimate of drug-likeness (QED) is 0.451. The number of nitrogens with zero attached hydrogens (tertiary/aromatic N) is 3. The number of fused-ring (bicyclic) bond motifs is 1. The minimum Gasteiger partial charge on any atom is -0.489 e. The first-order chi connectivity index (χ1) is 16.5. The zero-order chi connectivity index (χ0) is 23.9. The number of nitrogens with one attached hydrogen (secondary N) is 2. The van der Waals surface area contributed by atoms with E-state index in [4.69, 9.17) is 4.74 Å². The van der Waals surface area contributed by atoms with Crippen molar-refractivity contribution >= 4 is 23.4 Å². The van der Waals surface area contributed by atoms with Gasteiger partial charge in [-0.3, -0.25) is 14.4 Å². The van der Waals surface area contributed by atoms with Crippen molar-refractivity contribution in [2.75, 3.05) is 18.6 Å². The highest BCUT2D eigenvalue weighted by molar-refractivity contribution is 6.35. The molecule has 1 aliphatic rings. The van der Waals surface area contributed by atoms with Gasteiger partial charge in [0.2, 0.25) is 0 Å². The lowest BCUT2D eigenvalue weighted by molar-refractivity contribution is -0.140. The van der Waals surface area contributed by atoms with Gasteiger partial charge in [-0.2, -0.15) is 0 Å². The Kier molecular flexibility index (Phi) is 6.89. The number of carbonyl (C=O) groups excluding carboxylic acids is 3. The molecule has 3 amide bonds. The summed E-state index contributed by atoms with van der Waals surface area (Å²) in [4.78, 5) is 42.9. The number of ether oxygens (including phenoxy) is 1. The van der Waals surface area contributed by atoms with Crippen LogP contribution in [-0.4, -0.2) is 47.0 Å². The van der Waals surface area contributed by atoms with Gasteiger partial charge in [-0.25, -0.2) is 4.98 Å². The molecular weight excluding hydrogens is 434 g/mol. The van der Waals surface area contributed by atoms with Crippen molar-refractivity contribution in [2.45, 2.75) is 19.1 Å². The summed E-state index contributed by atoms with van der Waals surface area (Å²) in [6.45, 7) is 0.598. The van der Waals surface area contributed by atoms with E-state index in [1.165, 1.54) is 4.90 Å². The predicted molar refractivity (Wildman–Crippen MR) is 125 cm³/mol. The van der Waals surface area contributed by atoms with Gasteiger partial charge in [0.1, 0.15) is 18.4 Å². The molecule has 0 bridgehead atoms. The number of anilines is 1. The van der Waals surface area contributed by atoms with Crippen molar-refractivity contribution in [2.24, 2.45) is 0 Å². The monoisotopic (exact) mass is 457 g/mol. The largest absolute Gasteiger partial charge is 0.489 e. The van der Waals surface area contributed by atoms with E-state index in [1.807, 2.05) is 41.1 Å². The number of likely N-dealkylation sites (N-methyl/N-ethyl adjacent to an activating group) is 1. The van der Waals surface area contributed by atoms with Crippen LogP contribution in [0.3, 0.4) is 0 Å². The van der Waals surface area contributed by atoms with Gasteiger partial charge in [-0.05, 0) is 23.8 Å². The lowest BCUT2D eigenvalue weighted by Crippen LogP contribution is -2.52. The van der Waals surface area contributed by atoms with Gasteiger partial charge in [-0.1, -0.05) is 42.2 Å². The molecule has 172 valence electrons. The Labute approximate surface area is 196 Å². The lowest BCUT2D eigenvalue weighted by atomic mass is 10.1. The number of hydrogen-bond acceptors (Lipinski definition) is 5. The summed E-state index contributed by atoms with van der Waals surface area (Å²) >= 11 is 0. The maximum absolute atomic E-state index is 13.0. The molecule has 3 aromatic rings. The number of carbonyl (C=O) groups is 3. The first-order valence-corrected chi connectivity index (χ1v) is 10.6. The molecule has 0 spiro atoms. The average molecular weight is 457 g/mol. The fourth-order valence-corrected chi connectivity index (χ4v) is 3.37. The molecule has 2 N–H and O–H groups in total. The third kappa shape index (κ3) is 5.42. The van der Waals surface area contributed by atoms with Crippen molar-refractivity contribution in [3.63, 3.8) is 0 Å². The molecule has 2 heterocycles. The van der Waals surface area contributed by atoms with Crippen LogP contribution in [0, 0.1) is 11.8 Å². The number of imidazole rings is 1. The van der Waals surface area contributed by atoms with Crippen molar-refractivity contribution in [1.29, 1.82) is 0 Å². The summed E-state index contributed by atoms with van der Waals surface area (Å²) in [6.07, 6.45) is 5.19. The number of amides is 3. The molecule has 1 aromatic heterocycles. The lowest BCUT2D eigenvalue weighted by Gasteiger charge is -2.20. The zero-order valence-electron chi connectivity index (χ0n) is 18.5. The van der Waals surface area contributed by atoms with Crippen LogP contribution in [0.25, 0.3) is 0 Å². The first-order valence-electron chi connectivity index (χ1n) is 10.6. The van der Waals surface area contributed by atoms with E-state index in [0.29, 0.717) is 23.5 Å². The molecule has 0 saturated carbocycles. The molecule has 2 aromatic carbocycles. The first kappa shape index (κ1) is 22.6. The van der Waals surface area contributed by atoms with Gasteiger partial charge in [0.05, 0.1) is 18.6 Å². The molecule has 1 atom stereocenters. The second-order valence-electron chi connectivity index (χ2n) is 7.62. The Balaban J connectivity index is 1.39. The summed E-state index contributed by atoms with van der Waals surface area (Å²) in [7, 11) is 1.59. The van der Waals surface area contributed by atoms with E-state index in [2.05, 4.69) is 27.5 Å². The van der Waals surface area contributed by atoms with E-state index in [0.717, 1.165) is 5.56 Å². The minimum atomic E-state index is -1.01. The van der Waals surface area contributed by atoms with Gasteiger partial charge in [-0.15, -0.1) is 0 Å². The van der Waals surface area contributed by atoms with Crippen LogP contribution in [0.15, 0.2) is 67.3 Å². The predicted octanol–water partition coefficient (Wildman–Crippen LogP) is 1.09. The van der Waals surface area contributed by atoms with Crippen molar-refractivity contribution < 1.29 is 19.1 Å². The van der Waals surface area contributed by atoms with Crippen LogP contribution >= 0.6 is 0 Å². The Bertz CT molecular complexity index is 1250. The summed E-state index contributed by atoms with van der Waals surface area (Å²) in [6, 6.07) is 13.5. The minimum absolute atomic E-state index is 0.0977. The van der Waals surface area contributed by atoms with Crippen LogP contribution in [0.4, 0.5) is 5.69 Å². The second-order valence-corrected chi connectivity index (χ2v) is 7.62. The van der Waals surface area contributed by atoms with Gasteiger partial charge in [0, 0.05) is 31.5 Å². The number of hydrogen-bond donors (Lipinski definition) is 2. The SMILES string of the molecule is CN1C(=O)[C@@H](NC(=O)C(=O)NCc2ccccc2)COc2ccc(C#CCn3ccnc3)cc21. The highest BCUT2D eigenvalue weighted by atomic mass is 16.5. The molecular formula is C25H23N5O4. The van der Waals surface area contributed by atoms with E-state index in [1.54, 1.807) is 37.8 Å². The molecule has 0 aliphatic carbocycles. The Morgan fingerprint density at radius 3 is 2.76 bits per heavy atom. The van der Waals surface area contributed by atoms with E-state index >= 15 is 0 Å². The molecule has 0 unspecified atom stereocenters. The van der Waals surface area contributed by atoms with E-state index in [9.17, 15) is 14.4 Å². The van der Waals surface area contributed by atoms with Crippen molar-refractivity contribution in [3.05, 3.63) is 78.4 Å². The smallest absolute Gasteiger partial charge is 0.310 e. The zero-order valence-corrected chi connectivity index (χ0v) is 18.5. The maximum Gasteiger partial charge on any atom is 0.310 e. The number of rotatable bonds is 4. The van der Waals surface area contributed by atoms with Gasteiger partial charge in [0.15, 0.2) is 0 Å². The third-order valence-electron chi connectivity index (χ3n) is 5.22. The van der Waals surface area contributed by atoms with Gasteiger partial charge < -0.3 is 24.8 Å². The second kappa shape index (κ2) is 10.4. The van der Waals surface area contributed by atoms with E-state index < -0.39 is 23.8 Å². The topological polar surface area (TPSA) is 106 Å². The Hall–Kier alpha value is -4.58. The molecule has 9 nitrogen and oxygen atoms in total. The Morgan fingerprint density at radius 1 is 1.18 bits per heavy atom. The number of aromatic nitrogens is 2. The fourth-order valence-electron chi connectivity index (χ4n) is 3.37. The van der Waals surface area contributed by atoms with Crippen LogP contribution in [0.1, 0.15) is 11.1 Å². The van der Waals surface area contributed by atoms with Crippen LogP contribution < -0.4 is 20.3 Å². The molecule has 0 radical (unpaired) electrons. The number of benzene rings is 2. The summed E-state index contributed by atoms with van der Waals surface area (Å²) < 4.78 is 7.61. The van der Waals surface area contributed by atoms with Crippen LogP contribution in [-0.2, 0) is 27.5 Å². The van der Waals surface area contributed by atoms with Crippen molar-refractivity contribution in [1.82, 2.24) is 20.2 Å². The normalized spacial score (nSPS) is 14.7. The highest BCUT2D eigenvalue weighted by Gasteiger charge is 2.32. The van der Waals surface area contributed by atoms with Crippen LogP contribution in [0.5, 0.6) is 5.75 Å². The van der Waals surface area contributed by atoms with Crippen LogP contribution in [0.2, 0.25) is 0 Å². The summed E-state index contributed by atoms with van der Waals surface area (Å²) in [5.74, 6) is 4.48. The maximum atomic E-state index is 13.0. The highest BCUT2D eigenvalue weighted by Crippen LogP contribution is 2.31. The fraction of sp³-hybridized carbons (Fsp3) is 0.200. The van der Waals surface area contributed by atoms with E-state index in [-0.39, 0.29) is 13.2 Å². The van der Waals surface area contributed by atoms with Gasteiger partial charge >= 0.3 is 11.8 Å². The molecule has 0 fully saturated rings. The Morgan fingerprint density at radius 2 is 2.00 bits per heavy atom. The molecule has 4 rings (SSSR count). The van der Waals surface area contributed by atoms with Crippen molar-refractivity contribution in [3.8, 4) is 17.6 Å². The summed E-state index contributed by atoms with van der Waals surface area (Å²) in [5.41, 5.74) is 2.10. The molecule has 0 saturated heterocycles.